The monoisotopic (exact) mass is 331 g/mol. The van der Waals surface area contributed by atoms with E-state index in [0.717, 1.165) is 17.5 Å². The molecule has 2 N–H and O–H groups in total. The number of para-hydroxylation sites is 1. The molecule has 0 radical (unpaired) electrons. The quantitative estimate of drug-likeness (QED) is 0.835. The molecule has 1 atom stereocenters. The molecule has 0 saturated heterocycles. The van der Waals surface area contributed by atoms with Gasteiger partial charge in [-0.25, -0.2) is 4.39 Å². The van der Waals surface area contributed by atoms with Crippen molar-refractivity contribution in [3.63, 3.8) is 0 Å². The molecule has 6 nitrogen and oxygen atoms in total. The minimum Gasteiger partial charge on any atom is -0.396 e. The first kappa shape index (κ1) is 16.3. The number of carbonyl (C=O) groups excluding carboxylic acids is 1. The van der Waals surface area contributed by atoms with E-state index in [1.165, 1.54) is 30.3 Å². The fourth-order valence-corrected chi connectivity index (χ4v) is 2.63. The summed E-state index contributed by atoms with van der Waals surface area (Å²) in [6, 6.07) is 8.13. The molecule has 7 heteroatoms. The number of nitrogens with one attached hydrogen (secondary N) is 1. The van der Waals surface area contributed by atoms with Gasteiger partial charge in [-0.3, -0.25) is 9.59 Å². The van der Waals surface area contributed by atoms with E-state index < -0.39 is 17.3 Å². The number of carbonyl (C=O) groups is 1. The summed E-state index contributed by atoms with van der Waals surface area (Å²) < 4.78 is 14.8. The Morgan fingerprint density at radius 2 is 2.08 bits per heavy atom. The highest BCUT2D eigenvalue weighted by Crippen LogP contribution is 2.34. The number of nitrogens with zero attached hydrogens (tertiary/aromatic N) is 2. The van der Waals surface area contributed by atoms with E-state index in [9.17, 15) is 14.0 Å². The number of halogens is 1. The zero-order valence-electron chi connectivity index (χ0n) is 13.0. The number of amides is 1. The molecule has 24 heavy (non-hydrogen) atoms. The van der Waals surface area contributed by atoms with Crippen LogP contribution in [-0.2, 0) is 0 Å². The Labute approximate surface area is 137 Å². The summed E-state index contributed by atoms with van der Waals surface area (Å²) in [7, 11) is 0. The molecule has 1 fully saturated rings. The lowest BCUT2D eigenvalue weighted by Crippen LogP contribution is -2.38. The molecule has 1 heterocycles. The number of hydrogen-bond acceptors (Lipinski definition) is 4. The lowest BCUT2D eigenvalue weighted by atomic mass is 10.1. The summed E-state index contributed by atoms with van der Waals surface area (Å²) >= 11 is 0. The first-order valence-electron chi connectivity index (χ1n) is 7.87. The van der Waals surface area contributed by atoms with Crippen molar-refractivity contribution in [3.05, 3.63) is 58.3 Å². The number of benzene rings is 1. The van der Waals surface area contributed by atoms with Crippen LogP contribution in [0, 0.1) is 11.7 Å². The van der Waals surface area contributed by atoms with Gasteiger partial charge in [0.25, 0.3) is 11.5 Å². The third kappa shape index (κ3) is 3.51. The van der Waals surface area contributed by atoms with Crippen LogP contribution in [-0.4, -0.2) is 33.4 Å². The lowest BCUT2D eigenvalue weighted by molar-refractivity contribution is 0.0917. The Kier molecular flexibility index (Phi) is 4.71. The Balaban J connectivity index is 1.86. The first-order chi connectivity index (χ1) is 11.6. The van der Waals surface area contributed by atoms with Gasteiger partial charge in [-0.2, -0.15) is 9.78 Å². The fraction of sp³-hybridized carbons (Fsp3) is 0.353. The van der Waals surface area contributed by atoms with Crippen molar-refractivity contribution in [2.45, 2.75) is 25.3 Å². The van der Waals surface area contributed by atoms with Crippen molar-refractivity contribution < 1.29 is 14.3 Å². The molecule has 1 aromatic carbocycles. The first-order valence-corrected chi connectivity index (χ1v) is 7.87. The van der Waals surface area contributed by atoms with Gasteiger partial charge in [0.15, 0.2) is 0 Å². The Morgan fingerprint density at radius 1 is 1.33 bits per heavy atom. The van der Waals surface area contributed by atoms with E-state index in [1.807, 2.05) is 0 Å². The Hall–Kier alpha value is -2.54. The van der Waals surface area contributed by atoms with Gasteiger partial charge in [-0.05, 0) is 43.4 Å². The largest absolute Gasteiger partial charge is 0.396 e. The molecule has 1 unspecified atom stereocenters. The lowest BCUT2D eigenvalue weighted by Gasteiger charge is -2.17. The van der Waals surface area contributed by atoms with Crippen molar-refractivity contribution >= 4 is 5.91 Å². The van der Waals surface area contributed by atoms with Crippen LogP contribution in [0.25, 0.3) is 5.69 Å². The molecule has 1 aromatic heterocycles. The van der Waals surface area contributed by atoms with Gasteiger partial charge >= 0.3 is 0 Å². The summed E-state index contributed by atoms with van der Waals surface area (Å²) in [5, 5.41) is 15.9. The van der Waals surface area contributed by atoms with E-state index in [4.69, 9.17) is 5.11 Å². The van der Waals surface area contributed by atoms with Crippen LogP contribution >= 0.6 is 0 Å². The van der Waals surface area contributed by atoms with Crippen LogP contribution in [0.3, 0.4) is 0 Å². The molecule has 3 rings (SSSR count). The Bertz CT molecular complexity index is 802. The molecule has 0 spiro atoms. The minimum absolute atomic E-state index is 0.00810. The highest BCUT2D eigenvalue weighted by Gasteiger charge is 2.32. The molecule has 1 aliphatic carbocycles. The normalized spacial score (nSPS) is 15.1. The maximum absolute atomic E-state index is 13.9. The van der Waals surface area contributed by atoms with E-state index in [0.29, 0.717) is 12.3 Å². The zero-order valence-corrected chi connectivity index (χ0v) is 13.0. The molecule has 0 bridgehead atoms. The number of aromatic nitrogens is 2. The second kappa shape index (κ2) is 6.92. The molecule has 126 valence electrons. The predicted octanol–water partition coefficient (Wildman–Crippen LogP) is 1.26. The van der Waals surface area contributed by atoms with Crippen molar-refractivity contribution in [2.75, 3.05) is 6.61 Å². The number of aliphatic hydroxyl groups is 1. The van der Waals surface area contributed by atoms with Crippen LogP contribution in [0.1, 0.15) is 29.8 Å². The minimum atomic E-state index is -0.596. The fourth-order valence-electron chi connectivity index (χ4n) is 2.63. The van der Waals surface area contributed by atoms with Crippen LogP contribution < -0.4 is 10.9 Å². The molecule has 1 saturated carbocycles. The summed E-state index contributed by atoms with van der Waals surface area (Å²) in [4.78, 5) is 24.3. The van der Waals surface area contributed by atoms with Gasteiger partial charge in [0.1, 0.15) is 17.2 Å². The highest BCUT2D eigenvalue weighted by molar-refractivity contribution is 5.92. The second-order valence-corrected chi connectivity index (χ2v) is 5.85. The topological polar surface area (TPSA) is 84.2 Å². The van der Waals surface area contributed by atoms with Gasteiger partial charge < -0.3 is 10.4 Å². The van der Waals surface area contributed by atoms with Gasteiger partial charge in [0, 0.05) is 18.7 Å². The molecule has 0 aliphatic heterocycles. The van der Waals surface area contributed by atoms with Gasteiger partial charge in [-0.15, -0.1) is 0 Å². The SMILES string of the molecule is O=C(NC(CCO)C1CC1)c1ccc(=O)n(-c2ccccc2F)n1. The number of rotatable bonds is 6. The van der Waals surface area contributed by atoms with Gasteiger partial charge in [0.05, 0.1) is 0 Å². The van der Waals surface area contributed by atoms with Crippen LogP contribution in [0.4, 0.5) is 4.39 Å². The van der Waals surface area contributed by atoms with E-state index >= 15 is 0 Å². The third-order valence-electron chi connectivity index (χ3n) is 4.06. The van der Waals surface area contributed by atoms with Crippen molar-refractivity contribution in [2.24, 2.45) is 5.92 Å². The summed E-state index contributed by atoms with van der Waals surface area (Å²) in [6.45, 7) is -0.0103. The molecular weight excluding hydrogens is 313 g/mol. The van der Waals surface area contributed by atoms with E-state index in [1.54, 1.807) is 6.07 Å². The average Bonchev–Trinajstić information content (AvgIpc) is 3.40. The van der Waals surface area contributed by atoms with Crippen molar-refractivity contribution in [1.82, 2.24) is 15.1 Å². The van der Waals surface area contributed by atoms with Crippen LogP contribution in [0.15, 0.2) is 41.2 Å². The maximum Gasteiger partial charge on any atom is 0.271 e. The summed E-state index contributed by atoms with van der Waals surface area (Å²) in [5.41, 5.74) is -0.501. The molecule has 1 amide bonds. The zero-order chi connectivity index (χ0) is 17.1. The summed E-state index contributed by atoms with van der Waals surface area (Å²) in [5.74, 6) is -0.662. The number of hydrogen-bond donors (Lipinski definition) is 2. The third-order valence-corrected chi connectivity index (χ3v) is 4.06. The van der Waals surface area contributed by atoms with Gasteiger partial charge in [0.2, 0.25) is 0 Å². The highest BCUT2D eigenvalue weighted by atomic mass is 19.1. The Morgan fingerprint density at radius 3 is 2.75 bits per heavy atom. The van der Waals surface area contributed by atoms with Crippen LogP contribution in [0.2, 0.25) is 0 Å². The van der Waals surface area contributed by atoms with Crippen molar-refractivity contribution in [1.29, 1.82) is 0 Å². The van der Waals surface area contributed by atoms with Crippen LogP contribution in [0.5, 0.6) is 0 Å². The number of aliphatic hydroxyl groups excluding tert-OH is 1. The van der Waals surface area contributed by atoms with Crippen molar-refractivity contribution in [3.8, 4) is 5.69 Å². The summed E-state index contributed by atoms with van der Waals surface area (Å²) in [6.07, 6.45) is 2.52. The molecular formula is C17H18FN3O3. The predicted molar refractivity (Wildman–Crippen MR) is 85.5 cm³/mol. The standard InChI is InChI=1S/C17H18FN3O3/c18-12-3-1-2-4-15(12)21-16(23)8-7-14(20-21)17(24)19-13(9-10-22)11-5-6-11/h1-4,7-8,11,13,22H,5-6,9-10H2,(H,19,24). The maximum atomic E-state index is 13.9. The van der Waals surface area contributed by atoms with E-state index in [2.05, 4.69) is 10.4 Å². The molecule has 2 aromatic rings. The second-order valence-electron chi connectivity index (χ2n) is 5.85. The van der Waals surface area contributed by atoms with E-state index in [-0.39, 0.29) is 24.0 Å². The molecule has 1 aliphatic rings. The smallest absolute Gasteiger partial charge is 0.271 e. The van der Waals surface area contributed by atoms with Gasteiger partial charge in [-0.1, -0.05) is 12.1 Å². The average molecular weight is 331 g/mol.